The first kappa shape index (κ1) is 20.3. The Hall–Kier alpha value is -2.40. The predicted molar refractivity (Wildman–Crippen MR) is 91.2 cm³/mol. The molecule has 2 aromatic rings. The lowest BCUT2D eigenvalue weighted by molar-refractivity contribution is -0.277. The van der Waals surface area contributed by atoms with Crippen molar-refractivity contribution in [3.8, 4) is 17.5 Å². The molecule has 28 heavy (non-hydrogen) atoms. The van der Waals surface area contributed by atoms with Crippen molar-refractivity contribution in [2.45, 2.75) is 56.9 Å². The molecule has 0 radical (unpaired) electrons. The minimum absolute atomic E-state index is 0.0578. The fourth-order valence-corrected chi connectivity index (χ4v) is 3.04. The highest BCUT2D eigenvalue weighted by atomic mass is 19.4. The van der Waals surface area contributed by atoms with Crippen LogP contribution in [0.1, 0.15) is 43.6 Å². The number of alkyl halides is 3. The van der Waals surface area contributed by atoms with Gasteiger partial charge in [-0.05, 0) is 38.7 Å². The third-order valence-electron chi connectivity index (χ3n) is 4.69. The zero-order chi connectivity index (χ0) is 20.5. The van der Waals surface area contributed by atoms with Gasteiger partial charge in [0.1, 0.15) is 6.10 Å². The summed E-state index contributed by atoms with van der Waals surface area (Å²) in [7, 11) is 0. The van der Waals surface area contributed by atoms with Crippen LogP contribution in [0.2, 0.25) is 0 Å². The minimum atomic E-state index is -5.00. The molecule has 0 unspecified atom stereocenters. The molecule has 2 atom stereocenters. The van der Waals surface area contributed by atoms with Gasteiger partial charge in [0, 0.05) is 5.56 Å². The molecule has 0 saturated carbocycles. The fraction of sp³-hybridized carbons (Fsp3) is 0.588. The zero-order valence-corrected chi connectivity index (χ0v) is 15.2. The number of aliphatic hydroxyl groups excluding tert-OH is 1. The van der Waals surface area contributed by atoms with Gasteiger partial charge in [-0.2, -0.15) is 13.2 Å². The van der Waals surface area contributed by atoms with E-state index in [4.69, 9.17) is 14.9 Å². The van der Waals surface area contributed by atoms with Crippen molar-refractivity contribution in [2.75, 3.05) is 12.3 Å². The Morgan fingerprint density at radius 2 is 2.04 bits per heavy atom. The summed E-state index contributed by atoms with van der Waals surface area (Å²) in [6.07, 6.45) is -4.84. The van der Waals surface area contributed by atoms with E-state index in [-0.39, 0.29) is 36.2 Å². The molecular weight excluding hydrogens is 381 g/mol. The molecule has 2 aromatic heterocycles. The maximum atomic E-state index is 13.6. The van der Waals surface area contributed by atoms with Gasteiger partial charge in [-0.1, -0.05) is 6.42 Å². The van der Waals surface area contributed by atoms with Crippen LogP contribution in [0, 0.1) is 6.92 Å². The van der Waals surface area contributed by atoms with Crippen LogP contribution >= 0.6 is 0 Å². The molecule has 0 saturated heterocycles. The van der Waals surface area contributed by atoms with Gasteiger partial charge < -0.3 is 25.1 Å². The number of nitrogens with zero attached hydrogens (tertiary/aromatic N) is 3. The van der Waals surface area contributed by atoms with Gasteiger partial charge in [0.05, 0.1) is 12.3 Å². The maximum absolute atomic E-state index is 13.6. The molecule has 3 rings (SSSR count). The van der Waals surface area contributed by atoms with Crippen molar-refractivity contribution in [1.29, 1.82) is 0 Å². The normalized spacial score (nSPS) is 23.7. The SMILES string of the molecule is Cc1cc(N)c2nc1O[C@H](CO)CCCCC[C@](O)(C(F)(F)F)c1nnc-2o1. The molecule has 0 spiro atoms. The van der Waals surface area contributed by atoms with E-state index in [9.17, 15) is 23.4 Å². The third-order valence-corrected chi connectivity index (χ3v) is 4.69. The molecule has 4 bridgehead atoms. The van der Waals surface area contributed by atoms with Crippen LogP contribution in [0.5, 0.6) is 5.88 Å². The van der Waals surface area contributed by atoms with Crippen LogP contribution in [0.3, 0.4) is 0 Å². The van der Waals surface area contributed by atoms with E-state index in [0.717, 1.165) is 0 Å². The minimum Gasteiger partial charge on any atom is -0.472 e. The Labute approximate surface area is 158 Å². The zero-order valence-electron chi connectivity index (χ0n) is 15.2. The highest BCUT2D eigenvalue weighted by molar-refractivity contribution is 5.67. The van der Waals surface area contributed by atoms with E-state index in [1.54, 1.807) is 6.92 Å². The standard InChI is InChI=1S/C17H21F3N4O4/c1-9-7-11(21)12-14-23-24-15(28-14)16(26,17(18,19)20)6-4-2-3-5-10(8-25)27-13(9)22-12/h7,10,25-26H,2-6,8,21H2,1H3/t10-,16+/m0/s1. The van der Waals surface area contributed by atoms with Gasteiger partial charge in [0.2, 0.25) is 11.5 Å². The van der Waals surface area contributed by atoms with Gasteiger partial charge in [0.15, 0.2) is 5.69 Å². The first-order valence-electron chi connectivity index (χ1n) is 8.84. The molecule has 154 valence electrons. The molecule has 0 aromatic carbocycles. The van der Waals surface area contributed by atoms with Crippen molar-refractivity contribution in [1.82, 2.24) is 15.2 Å². The third kappa shape index (κ3) is 3.76. The number of anilines is 1. The summed E-state index contributed by atoms with van der Waals surface area (Å²) in [5, 5.41) is 26.9. The van der Waals surface area contributed by atoms with E-state index in [1.807, 2.05) is 0 Å². The van der Waals surface area contributed by atoms with Crippen molar-refractivity contribution in [3.05, 3.63) is 17.5 Å². The number of aliphatic hydroxyl groups is 2. The molecule has 1 aliphatic heterocycles. The highest BCUT2D eigenvalue weighted by Crippen LogP contribution is 2.43. The summed E-state index contributed by atoms with van der Waals surface area (Å²) in [5.74, 6) is -1.16. The van der Waals surface area contributed by atoms with Crippen molar-refractivity contribution >= 4 is 5.69 Å². The Morgan fingerprint density at radius 1 is 1.29 bits per heavy atom. The molecule has 0 fully saturated rings. The van der Waals surface area contributed by atoms with Gasteiger partial charge in [-0.3, -0.25) is 0 Å². The van der Waals surface area contributed by atoms with Gasteiger partial charge in [0.25, 0.3) is 11.8 Å². The Morgan fingerprint density at radius 3 is 2.71 bits per heavy atom. The van der Waals surface area contributed by atoms with Crippen molar-refractivity contribution in [3.63, 3.8) is 0 Å². The van der Waals surface area contributed by atoms with Crippen LogP contribution in [0.25, 0.3) is 11.6 Å². The molecule has 0 amide bonds. The van der Waals surface area contributed by atoms with Gasteiger partial charge in [-0.15, -0.1) is 10.2 Å². The molecule has 8 nitrogen and oxygen atoms in total. The lowest BCUT2D eigenvalue weighted by atomic mass is 9.94. The first-order chi connectivity index (χ1) is 13.2. The summed E-state index contributed by atoms with van der Waals surface area (Å²) >= 11 is 0. The monoisotopic (exact) mass is 402 g/mol. The number of aromatic nitrogens is 3. The molecule has 4 N–H and O–H groups in total. The number of hydrogen-bond acceptors (Lipinski definition) is 8. The van der Waals surface area contributed by atoms with Crippen LogP contribution in [0.15, 0.2) is 10.5 Å². The van der Waals surface area contributed by atoms with Crippen molar-refractivity contribution < 1.29 is 32.5 Å². The van der Waals surface area contributed by atoms with E-state index in [0.29, 0.717) is 24.8 Å². The average Bonchev–Trinajstić information content (AvgIpc) is 3.10. The Balaban J connectivity index is 2.11. The summed E-state index contributed by atoms with van der Waals surface area (Å²) in [5.41, 5.74) is 3.27. The van der Waals surface area contributed by atoms with E-state index in [2.05, 4.69) is 15.2 Å². The van der Waals surface area contributed by atoms with Gasteiger partial charge >= 0.3 is 6.18 Å². The number of pyridine rings is 1. The number of nitrogen functional groups attached to an aromatic ring is 1. The quantitative estimate of drug-likeness (QED) is 0.664. The van der Waals surface area contributed by atoms with E-state index in [1.165, 1.54) is 6.07 Å². The van der Waals surface area contributed by atoms with E-state index >= 15 is 0 Å². The topological polar surface area (TPSA) is 128 Å². The number of rotatable bonds is 1. The van der Waals surface area contributed by atoms with Crippen LogP contribution in [0.4, 0.5) is 18.9 Å². The molecule has 1 aliphatic rings. The maximum Gasteiger partial charge on any atom is 0.426 e. The number of hydrogen-bond donors (Lipinski definition) is 3. The largest absolute Gasteiger partial charge is 0.472 e. The molecule has 3 heterocycles. The van der Waals surface area contributed by atoms with Crippen LogP contribution in [-0.2, 0) is 5.60 Å². The second kappa shape index (κ2) is 7.55. The molecule has 11 heteroatoms. The molecule has 0 aliphatic carbocycles. The van der Waals surface area contributed by atoms with Crippen LogP contribution in [-0.4, -0.2) is 44.3 Å². The first-order valence-corrected chi connectivity index (χ1v) is 8.84. The molecular formula is C17H21F3N4O4. The lowest BCUT2D eigenvalue weighted by Crippen LogP contribution is -2.42. The number of aryl methyl sites for hydroxylation is 1. The average molecular weight is 402 g/mol. The second-order valence-electron chi connectivity index (χ2n) is 6.84. The Kier molecular flexibility index (Phi) is 5.48. The highest BCUT2D eigenvalue weighted by Gasteiger charge is 2.58. The second-order valence-corrected chi connectivity index (χ2v) is 6.84. The number of fused-ring (bicyclic) bond motifs is 5. The fourth-order valence-electron chi connectivity index (χ4n) is 3.04. The number of halogens is 3. The summed E-state index contributed by atoms with van der Waals surface area (Å²) in [6, 6.07) is 1.51. The Bertz CT molecular complexity index is 842. The summed E-state index contributed by atoms with van der Waals surface area (Å²) in [6.45, 7) is 1.42. The van der Waals surface area contributed by atoms with E-state index < -0.39 is 30.2 Å². The number of ether oxygens (including phenoxy) is 1. The summed E-state index contributed by atoms with van der Waals surface area (Å²) in [4.78, 5) is 4.20. The smallest absolute Gasteiger partial charge is 0.426 e. The summed E-state index contributed by atoms with van der Waals surface area (Å²) < 4.78 is 51.6. The predicted octanol–water partition coefficient (Wildman–Crippen LogP) is 2.48. The lowest BCUT2D eigenvalue weighted by Gasteiger charge is -2.27. The number of nitrogens with two attached hydrogens (primary N) is 1. The van der Waals surface area contributed by atoms with Gasteiger partial charge in [-0.25, -0.2) is 4.98 Å². The van der Waals surface area contributed by atoms with Crippen molar-refractivity contribution in [2.24, 2.45) is 0 Å². The van der Waals surface area contributed by atoms with Crippen LogP contribution < -0.4 is 10.5 Å².